The lowest BCUT2D eigenvalue weighted by Crippen LogP contribution is -2.14. The van der Waals surface area contributed by atoms with Crippen molar-refractivity contribution in [1.29, 1.82) is 0 Å². The number of nitrogens with two attached hydrogens (primary N) is 2. The number of rotatable bonds is 11. The van der Waals surface area contributed by atoms with Crippen LogP contribution in [0.2, 0.25) is 5.15 Å². The van der Waals surface area contributed by atoms with Gasteiger partial charge in [0.15, 0.2) is 0 Å². The van der Waals surface area contributed by atoms with Gasteiger partial charge in [-0.2, -0.15) is 0 Å². The highest BCUT2D eigenvalue weighted by molar-refractivity contribution is 6.29. The van der Waals surface area contributed by atoms with Crippen molar-refractivity contribution in [2.24, 2.45) is 21.5 Å². The van der Waals surface area contributed by atoms with E-state index in [1.165, 1.54) is 31.9 Å². The van der Waals surface area contributed by atoms with Crippen molar-refractivity contribution in [3.63, 3.8) is 0 Å². The fourth-order valence-corrected chi connectivity index (χ4v) is 4.80. The van der Waals surface area contributed by atoms with Crippen LogP contribution in [-0.2, 0) is 22.3 Å². The molecule has 2 amide bonds. The van der Waals surface area contributed by atoms with Crippen LogP contribution < -0.4 is 26.8 Å². The van der Waals surface area contributed by atoms with Crippen molar-refractivity contribution in [3.05, 3.63) is 101 Å². The molecule has 2 atom stereocenters. The molecule has 0 aliphatic carbocycles. The van der Waals surface area contributed by atoms with Crippen LogP contribution in [0.1, 0.15) is 44.9 Å². The van der Waals surface area contributed by atoms with E-state index in [-0.39, 0.29) is 52.5 Å². The van der Waals surface area contributed by atoms with E-state index < -0.39 is 0 Å². The van der Waals surface area contributed by atoms with Crippen molar-refractivity contribution in [2.75, 3.05) is 31.0 Å². The summed E-state index contributed by atoms with van der Waals surface area (Å²) in [7, 11) is 1.49. The van der Waals surface area contributed by atoms with Gasteiger partial charge in [0.1, 0.15) is 29.8 Å². The maximum absolute atomic E-state index is 12.1. The number of amidine groups is 2. The molecule has 6 rings (SSSR count). The predicted octanol–water partition coefficient (Wildman–Crippen LogP) is 3.41. The Labute approximate surface area is 287 Å². The molecule has 15 nitrogen and oxygen atoms in total. The zero-order valence-corrected chi connectivity index (χ0v) is 27.3. The molecule has 2 aliphatic heterocycles. The third-order valence-electron chi connectivity index (χ3n) is 7.35. The number of nitrogens with zero attached hydrogens (tertiary/aromatic N) is 6. The first kappa shape index (κ1) is 34.5. The SMILES string of the molecule is COc1cnc(C(=O)Nc2ccc(CC[C@H]3COC(N)=N3)cc2)cn1.NC1=N[C@@H](CCc2ccc(NC(=O)c3cnc(Cl)cn3)cc2)CO1. The lowest BCUT2D eigenvalue weighted by Gasteiger charge is -2.08. The highest BCUT2D eigenvalue weighted by atomic mass is 35.5. The van der Waals surface area contributed by atoms with Gasteiger partial charge in [0.2, 0.25) is 5.88 Å². The molecule has 0 fully saturated rings. The number of halogens is 1. The fourth-order valence-electron chi connectivity index (χ4n) is 4.70. The number of ether oxygens (including phenoxy) is 3. The van der Waals surface area contributed by atoms with Crippen molar-refractivity contribution in [1.82, 2.24) is 19.9 Å². The van der Waals surface area contributed by atoms with Gasteiger partial charge in [0.05, 0.1) is 44.0 Å². The molecule has 4 heterocycles. The first-order chi connectivity index (χ1) is 23.7. The molecule has 2 aromatic carbocycles. The van der Waals surface area contributed by atoms with Gasteiger partial charge in [-0.3, -0.25) is 9.59 Å². The number of carbonyl (C=O) groups is 2. The van der Waals surface area contributed by atoms with Crippen LogP contribution in [0.25, 0.3) is 0 Å². The Kier molecular flexibility index (Phi) is 11.9. The summed E-state index contributed by atoms with van der Waals surface area (Å²) in [6.45, 7) is 1.09. The van der Waals surface area contributed by atoms with Gasteiger partial charge in [-0.25, -0.2) is 29.9 Å². The number of methoxy groups -OCH3 is 1. The smallest absolute Gasteiger partial charge is 0.282 e. The Bertz CT molecular complexity index is 1770. The molecule has 0 saturated carbocycles. The number of carbonyl (C=O) groups excluding carboxylic acids is 2. The number of nitrogens with one attached hydrogen (secondary N) is 2. The van der Waals surface area contributed by atoms with Crippen LogP contribution in [-0.4, -0.2) is 76.2 Å². The summed E-state index contributed by atoms with van der Waals surface area (Å²) in [6, 6.07) is 16.0. The number of aliphatic imine (C=N–C) groups is 2. The molecular weight excluding hydrogens is 652 g/mol. The maximum atomic E-state index is 12.1. The first-order valence-corrected chi connectivity index (χ1v) is 15.7. The second-order valence-corrected chi connectivity index (χ2v) is 11.3. The molecule has 0 spiro atoms. The van der Waals surface area contributed by atoms with E-state index in [9.17, 15) is 9.59 Å². The van der Waals surface area contributed by atoms with E-state index in [1.807, 2.05) is 48.5 Å². The molecule has 2 aliphatic rings. The Morgan fingerprint density at radius 1 is 0.735 bits per heavy atom. The number of hydrogen-bond donors (Lipinski definition) is 4. The van der Waals surface area contributed by atoms with Gasteiger partial charge in [-0.1, -0.05) is 35.9 Å². The highest BCUT2D eigenvalue weighted by Gasteiger charge is 2.17. The molecule has 0 unspecified atom stereocenters. The second kappa shape index (κ2) is 16.8. The topological polar surface area (TPSA) is 214 Å². The third kappa shape index (κ3) is 10.6. The van der Waals surface area contributed by atoms with Crippen molar-refractivity contribution >= 4 is 46.8 Å². The summed E-state index contributed by atoms with van der Waals surface area (Å²) in [4.78, 5) is 48.3. The largest absolute Gasteiger partial charge is 0.480 e. The van der Waals surface area contributed by atoms with E-state index in [0.717, 1.165) is 36.8 Å². The van der Waals surface area contributed by atoms with Crippen LogP contribution in [0.5, 0.6) is 5.88 Å². The van der Waals surface area contributed by atoms with Crippen molar-refractivity contribution in [3.8, 4) is 5.88 Å². The highest BCUT2D eigenvalue weighted by Crippen LogP contribution is 2.17. The van der Waals surface area contributed by atoms with Gasteiger partial charge < -0.3 is 36.3 Å². The quantitative estimate of drug-likeness (QED) is 0.179. The van der Waals surface area contributed by atoms with Crippen LogP contribution in [0, 0.1) is 0 Å². The predicted molar refractivity (Wildman–Crippen MR) is 184 cm³/mol. The zero-order valence-electron chi connectivity index (χ0n) is 26.6. The second-order valence-electron chi connectivity index (χ2n) is 10.9. The number of benzene rings is 2. The van der Waals surface area contributed by atoms with Gasteiger partial charge in [-0.15, -0.1) is 0 Å². The normalized spacial score (nSPS) is 16.2. The summed E-state index contributed by atoms with van der Waals surface area (Å²) in [5, 5.41) is 5.80. The Morgan fingerprint density at radius 3 is 1.57 bits per heavy atom. The number of amides is 2. The van der Waals surface area contributed by atoms with Crippen LogP contribution in [0.15, 0.2) is 83.3 Å². The molecule has 6 N–H and O–H groups in total. The molecule has 0 bridgehead atoms. The maximum Gasteiger partial charge on any atom is 0.282 e. The van der Waals surface area contributed by atoms with Gasteiger partial charge in [0, 0.05) is 11.4 Å². The number of aromatic nitrogens is 4. The average Bonchev–Trinajstić information content (AvgIpc) is 3.75. The van der Waals surface area contributed by atoms with E-state index >= 15 is 0 Å². The zero-order chi connectivity index (χ0) is 34.6. The first-order valence-electron chi connectivity index (χ1n) is 15.3. The van der Waals surface area contributed by atoms with Crippen molar-refractivity contribution in [2.45, 2.75) is 37.8 Å². The molecule has 49 heavy (non-hydrogen) atoms. The summed E-state index contributed by atoms with van der Waals surface area (Å²) in [6.07, 6.45) is 8.91. The summed E-state index contributed by atoms with van der Waals surface area (Å²) in [5.41, 5.74) is 15.1. The fraction of sp³-hybridized carbons (Fsp3) is 0.273. The summed E-state index contributed by atoms with van der Waals surface area (Å²) < 4.78 is 15.2. The molecular formula is C33H35ClN10O5. The molecule has 16 heteroatoms. The minimum Gasteiger partial charge on any atom is -0.480 e. The summed E-state index contributed by atoms with van der Waals surface area (Å²) >= 11 is 5.65. The Balaban J connectivity index is 0.000000191. The Hall–Kier alpha value is -5.83. The molecule has 2 aromatic heterocycles. The van der Waals surface area contributed by atoms with Crippen LogP contribution in [0.4, 0.5) is 11.4 Å². The molecule has 4 aromatic rings. The third-order valence-corrected chi connectivity index (χ3v) is 7.54. The minimum absolute atomic E-state index is 0.118. The standard InChI is InChI=1S/C17H19N5O3.C16H16ClN5O2/c1-24-15-9-19-14(8-20-15)16(23)21-12-5-2-11(3-6-12)4-7-13-10-25-17(18)22-13;17-14-8-19-13(7-20-14)15(23)21-11-4-1-10(2-5-11)3-6-12-9-24-16(18)22-12/h2-3,5-6,8-9,13H,4,7,10H2,1H3,(H2,18,22)(H,21,23);1-2,4-5,7-8,12H,3,6,9H2,(H2,18,22)(H,21,23)/t13-;12-/m00/s1. The number of aryl methyl sites for hydroxylation is 2. The van der Waals surface area contributed by atoms with Crippen LogP contribution >= 0.6 is 11.6 Å². The summed E-state index contributed by atoms with van der Waals surface area (Å²) in [5.74, 6) is -0.296. The van der Waals surface area contributed by atoms with E-state index in [2.05, 4.69) is 40.6 Å². The van der Waals surface area contributed by atoms with E-state index in [1.54, 1.807) is 0 Å². The van der Waals surface area contributed by atoms with E-state index in [4.69, 9.17) is 37.3 Å². The lowest BCUT2D eigenvalue weighted by atomic mass is 10.1. The molecule has 0 radical (unpaired) electrons. The van der Waals surface area contributed by atoms with E-state index in [0.29, 0.717) is 30.5 Å². The van der Waals surface area contributed by atoms with Crippen molar-refractivity contribution < 1.29 is 23.8 Å². The van der Waals surface area contributed by atoms with Gasteiger partial charge in [0.25, 0.3) is 23.9 Å². The minimum atomic E-state index is -0.333. The number of hydrogen-bond acceptors (Lipinski definition) is 13. The molecule has 254 valence electrons. The van der Waals surface area contributed by atoms with Gasteiger partial charge in [-0.05, 0) is 61.1 Å². The molecule has 0 saturated heterocycles. The van der Waals surface area contributed by atoms with Gasteiger partial charge >= 0.3 is 0 Å². The number of anilines is 2. The van der Waals surface area contributed by atoms with Crippen LogP contribution in [0.3, 0.4) is 0 Å². The average molecular weight is 687 g/mol. The lowest BCUT2D eigenvalue weighted by molar-refractivity contribution is 0.101. The monoisotopic (exact) mass is 686 g/mol. The Morgan fingerprint density at radius 2 is 1.20 bits per heavy atom.